The molecule has 0 saturated carbocycles. The topological polar surface area (TPSA) is 53.1 Å². The first-order valence-electron chi connectivity index (χ1n) is 6.32. The lowest BCUT2D eigenvalue weighted by Gasteiger charge is -2.32. The number of rotatable bonds is 2. The van der Waals surface area contributed by atoms with Crippen LogP contribution < -0.4 is 5.32 Å². The van der Waals surface area contributed by atoms with Gasteiger partial charge in [0.2, 0.25) is 0 Å². The van der Waals surface area contributed by atoms with Crippen LogP contribution in [0.2, 0.25) is 0 Å². The predicted octanol–water partition coefficient (Wildman–Crippen LogP) is 2.56. The Morgan fingerprint density at radius 2 is 2.26 bits per heavy atom. The van der Waals surface area contributed by atoms with Gasteiger partial charge in [-0.15, -0.1) is 0 Å². The normalized spacial score (nSPS) is 24.9. The minimum Gasteiger partial charge on any atom is -0.377 e. The summed E-state index contributed by atoms with van der Waals surface area (Å²) in [5.74, 6) is 0. The van der Waals surface area contributed by atoms with E-state index in [9.17, 15) is 0 Å². The smallest absolute Gasteiger partial charge is 0.0952 e. The Balaban J connectivity index is 2.03. The summed E-state index contributed by atoms with van der Waals surface area (Å²) in [7, 11) is 0. The molecule has 1 atom stereocenters. The number of nitrogens with one attached hydrogen (secondary N) is 2. The van der Waals surface area contributed by atoms with Gasteiger partial charge in [0, 0.05) is 5.56 Å². The van der Waals surface area contributed by atoms with Crippen molar-refractivity contribution >= 4 is 11.8 Å². The van der Waals surface area contributed by atoms with Crippen LogP contribution in [0, 0.1) is 0 Å². The Kier molecular flexibility index (Phi) is 2.71. The van der Waals surface area contributed by atoms with Crippen molar-refractivity contribution in [2.75, 3.05) is 0 Å². The van der Waals surface area contributed by atoms with Gasteiger partial charge in [0.05, 0.1) is 28.8 Å². The van der Waals surface area contributed by atoms with E-state index in [4.69, 9.17) is 4.99 Å². The molecule has 0 fully saturated rings. The van der Waals surface area contributed by atoms with E-state index in [-0.39, 0.29) is 5.54 Å². The van der Waals surface area contributed by atoms with Gasteiger partial charge in [-0.25, -0.2) is 4.99 Å². The molecule has 19 heavy (non-hydrogen) atoms. The SMILES string of the molecule is C/C=C/c1[nH]ncc1C1=NC2=CC=CNC2(C)C=C1. The molecule has 4 nitrogen and oxygen atoms in total. The van der Waals surface area contributed by atoms with Crippen LogP contribution in [-0.4, -0.2) is 21.4 Å². The van der Waals surface area contributed by atoms with E-state index in [0.717, 1.165) is 22.7 Å². The van der Waals surface area contributed by atoms with Crippen LogP contribution >= 0.6 is 0 Å². The Hall–Kier alpha value is -2.36. The van der Waals surface area contributed by atoms with Crippen LogP contribution in [0.3, 0.4) is 0 Å². The van der Waals surface area contributed by atoms with Crippen LogP contribution in [0.25, 0.3) is 6.08 Å². The second kappa shape index (κ2) is 4.39. The third kappa shape index (κ3) is 1.95. The van der Waals surface area contributed by atoms with Crippen molar-refractivity contribution in [3.8, 4) is 0 Å². The molecule has 0 bridgehead atoms. The summed E-state index contributed by atoms with van der Waals surface area (Å²) in [5.41, 5.74) is 3.74. The molecule has 0 amide bonds. The number of aromatic amines is 1. The van der Waals surface area contributed by atoms with Gasteiger partial charge in [-0.2, -0.15) is 5.10 Å². The fraction of sp³-hybridized carbons (Fsp3) is 0.200. The van der Waals surface area contributed by atoms with E-state index in [1.165, 1.54) is 0 Å². The number of allylic oxidation sites excluding steroid dienone is 4. The standard InChI is InChI=1S/C15H16N4/c1-3-5-13-11(10-17-19-13)12-7-8-15(2)14(18-12)6-4-9-16-15/h3-10,16H,1-2H3,(H,17,19)/b5-3+. The van der Waals surface area contributed by atoms with Gasteiger partial charge in [0.1, 0.15) is 0 Å². The Labute approximate surface area is 112 Å². The first-order valence-corrected chi connectivity index (χ1v) is 6.32. The van der Waals surface area contributed by atoms with E-state index in [1.807, 2.05) is 49.7 Å². The number of hydrogen-bond acceptors (Lipinski definition) is 3. The minimum atomic E-state index is -0.206. The third-order valence-electron chi connectivity index (χ3n) is 3.36. The van der Waals surface area contributed by atoms with Crippen molar-refractivity contribution in [3.05, 3.63) is 59.7 Å². The number of H-pyrrole nitrogens is 1. The van der Waals surface area contributed by atoms with Crippen molar-refractivity contribution in [3.63, 3.8) is 0 Å². The summed E-state index contributed by atoms with van der Waals surface area (Å²) in [6, 6.07) is 0. The number of aromatic nitrogens is 2. The molecule has 0 radical (unpaired) electrons. The highest BCUT2D eigenvalue weighted by Gasteiger charge is 2.29. The second-order valence-corrected chi connectivity index (χ2v) is 4.79. The van der Waals surface area contributed by atoms with Crippen LogP contribution in [0.4, 0.5) is 0 Å². The maximum Gasteiger partial charge on any atom is 0.0952 e. The van der Waals surface area contributed by atoms with Gasteiger partial charge < -0.3 is 5.32 Å². The lowest BCUT2D eigenvalue weighted by atomic mass is 9.91. The maximum atomic E-state index is 4.74. The van der Waals surface area contributed by atoms with Crippen molar-refractivity contribution < 1.29 is 0 Å². The molecular formula is C15H16N4. The van der Waals surface area contributed by atoms with Crippen LogP contribution in [-0.2, 0) is 0 Å². The highest BCUT2D eigenvalue weighted by molar-refractivity contribution is 6.11. The fourth-order valence-electron chi connectivity index (χ4n) is 2.25. The molecule has 4 heteroatoms. The monoisotopic (exact) mass is 252 g/mol. The molecule has 0 aliphatic carbocycles. The molecule has 2 aliphatic rings. The molecule has 0 spiro atoms. The Morgan fingerprint density at radius 1 is 1.37 bits per heavy atom. The second-order valence-electron chi connectivity index (χ2n) is 4.79. The van der Waals surface area contributed by atoms with Crippen molar-refractivity contribution in [2.24, 2.45) is 4.99 Å². The number of fused-ring (bicyclic) bond motifs is 1. The molecule has 3 rings (SSSR count). The highest BCUT2D eigenvalue weighted by atomic mass is 15.1. The average Bonchev–Trinajstić information content (AvgIpc) is 2.86. The fourth-order valence-corrected chi connectivity index (χ4v) is 2.25. The molecule has 2 N–H and O–H groups in total. The third-order valence-corrected chi connectivity index (χ3v) is 3.36. The summed E-state index contributed by atoms with van der Waals surface area (Å²) in [5, 5.41) is 10.4. The average molecular weight is 252 g/mol. The summed E-state index contributed by atoms with van der Waals surface area (Å²) in [6.07, 6.45) is 15.9. The molecule has 1 unspecified atom stereocenters. The summed E-state index contributed by atoms with van der Waals surface area (Å²) in [4.78, 5) is 4.74. The van der Waals surface area contributed by atoms with E-state index in [1.54, 1.807) is 0 Å². The van der Waals surface area contributed by atoms with E-state index >= 15 is 0 Å². The van der Waals surface area contributed by atoms with Crippen LogP contribution in [0.5, 0.6) is 0 Å². The zero-order valence-corrected chi connectivity index (χ0v) is 11.0. The number of hydrogen-bond donors (Lipinski definition) is 2. The Morgan fingerprint density at radius 3 is 3.11 bits per heavy atom. The first-order chi connectivity index (χ1) is 9.23. The summed E-state index contributed by atoms with van der Waals surface area (Å²) >= 11 is 0. The molecule has 2 aliphatic heterocycles. The van der Waals surface area contributed by atoms with Gasteiger partial charge >= 0.3 is 0 Å². The molecule has 0 aromatic carbocycles. The largest absolute Gasteiger partial charge is 0.377 e. The van der Waals surface area contributed by atoms with Gasteiger partial charge in [-0.1, -0.05) is 12.2 Å². The molecule has 3 heterocycles. The molecule has 1 aromatic heterocycles. The zero-order chi connectivity index (χ0) is 13.3. The first kappa shape index (κ1) is 11.7. The molecule has 0 saturated heterocycles. The maximum absolute atomic E-state index is 4.74. The summed E-state index contributed by atoms with van der Waals surface area (Å²) < 4.78 is 0. The lowest BCUT2D eigenvalue weighted by molar-refractivity contribution is 0.566. The van der Waals surface area contributed by atoms with Crippen LogP contribution in [0.15, 0.2) is 53.5 Å². The Bertz CT molecular complexity index is 643. The minimum absolute atomic E-state index is 0.206. The van der Waals surface area contributed by atoms with Crippen molar-refractivity contribution in [1.82, 2.24) is 15.5 Å². The number of nitrogens with zero attached hydrogens (tertiary/aromatic N) is 2. The van der Waals surface area contributed by atoms with Gasteiger partial charge in [0.25, 0.3) is 0 Å². The van der Waals surface area contributed by atoms with Gasteiger partial charge in [0.15, 0.2) is 0 Å². The number of aliphatic imine (C=N–C) groups is 1. The van der Waals surface area contributed by atoms with Crippen LogP contribution in [0.1, 0.15) is 25.1 Å². The predicted molar refractivity (Wildman–Crippen MR) is 77.7 cm³/mol. The highest BCUT2D eigenvalue weighted by Crippen LogP contribution is 2.28. The summed E-state index contributed by atoms with van der Waals surface area (Å²) in [6.45, 7) is 4.10. The molecule has 1 aromatic rings. The molecule has 96 valence electrons. The van der Waals surface area contributed by atoms with Crippen molar-refractivity contribution in [2.45, 2.75) is 19.4 Å². The van der Waals surface area contributed by atoms with E-state index in [2.05, 4.69) is 28.5 Å². The van der Waals surface area contributed by atoms with Gasteiger partial charge in [-0.3, -0.25) is 5.10 Å². The lowest BCUT2D eigenvalue weighted by Crippen LogP contribution is -2.41. The van der Waals surface area contributed by atoms with E-state index < -0.39 is 0 Å². The number of dihydropyridines is 2. The van der Waals surface area contributed by atoms with E-state index in [0.29, 0.717) is 0 Å². The zero-order valence-electron chi connectivity index (χ0n) is 11.0. The van der Waals surface area contributed by atoms with Crippen molar-refractivity contribution in [1.29, 1.82) is 0 Å². The molecular weight excluding hydrogens is 236 g/mol. The quantitative estimate of drug-likeness (QED) is 0.850. The van der Waals surface area contributed by atoms with Gasteiger partial charge in [-0.05, 0) is 44.4 Å².